The van der Waals surface area contributed by atoms with Crippen molar-refractivity contribution in [2.24, 2.45) is 11.5 Å². The van der Waals surface area contributed by atoms with Gasteiger partial charge in [-0.2, -0.15) is 0 Å². The Kier molecular flexibility index (Phi) is 17.3. The zero-order valence-corrected chi connectivity index (χ0v) is 18.5. The standard InChI is InChI=1S/C12H8N2.C6H14N2.2ClH.2H2O.Pt/c1-3-9-5-6-10-4-2-8-14-12(10)11(9)13-7-1;7-5-3-1-2-4-6(5)8;;;;;/h1-8H;5-6H,1-4,7-8H2;2*1H;2*1H2;/q;;;;;;+4/p-2/t;5-,6-;;;;;/m.0...../s1. The molecule has 0 radical (unpaired) electrons. The van der Waals surface area contributed by atoms with Crippen molar-refractivity contribution in [2.45, 2.75) is 37.8 Å². The number of fused-ring (bicyclic) bond motifs is 3. The van der Waals surface area contributed by atoms with Crippen molar-refractivity contribution < 1.29 is 56.8 Å². The van der Waals surface area contributed by atoms with E-state index in [9.17, 15) is 0 Å². The maximum Gasteiger partial charge on any atom is 4.00 e. The predicted molar refractivity (Wildman–Crippen MR) is 98.7 cm³/mol. The molecule has 2 atom stereocenters. The van der Waals surface area contributed by atoms with Crippen molar-refractivity contribution in [3.63, 3.8) is 0 Å². The van der Waals surface area contributed by atoms with E-state index in [4.69, 9.17) is 11.5 Å². The van der Waals surface area contributed by atoms with Gasteiger partial charge in [-0.25, -0.2) is 0 Å². The van der Waals surface area contributed by atoms with E-state index in [0.717, 1.165) is 34.6 Å². The number of hydrogen-bond donors (Lipinski definition) is 2. The molecule has 3 aromatic rings. The van der Waals surface area contributed by atoms with Crippen LogP contribution in [0.4, 0.5) is 0 Å². The first kappa shape index (κ1) is 30.9. The van der Waals surface area contributed by atoms with Crippen LogP contribution in [-0.2, 0) is 21.1 Å². The summed E-state index contributed by atoms with van der Waals surface area (Å²) in [4.78, 5) is 8.69. The van der Waals surface area contributed by atoms with Gasteiger partial charge in [0.15, 0.2) is 0 Å². The van der Waals surface area contributed by atoms with Crippen LogP contribution in [0.25, 0.3) is 21.8 Å². The fourth-order valence-corrected chi connectivity index (χ4v) is 2.87. The Hall–Kier alpha value is -0.852. The Bertz CT molecular complexity index is 718. The molecule has 0 spiro atoms. The van der Waals surface area contributed by atoms with Crippen LogP contribution >= 0.6 is 0 Å². The van der Waals surface area contributed by atoms with Crippen molar-refractivity contribution in [1.82, 2.24) is 9.97 Å². The second kappa shape index (κ2) is 15.1. The first-order valence-electron chi connectivity index (χ1n) is 7.85. The molecule has 0 bridgehead atoms. The van der Waals surface area contributed by atoms with E-state index in [-0.39, 0.29) is 68.9 Å². The van der Waals surface area contributed by atoms with E-state index in [0.29, 0.717) is 0 Å². The van der Waals surface area contributed by atoms with Gasteiger partial charge in [0.1, 0.15) is 0 Å². The van der Waals surface area contributed by atoms with Crippen molar-refractivity contribution in [2.75, 3.05) is 0 Å². The third kappa shape index (κ3) is 7.96. The molecule has 0 amide bonds. The van der Waals surface area contributed by atoms with Crippen LogP contribution in [0.3, 0.4) is 0 Å². The molecular weight excluding hydrogens is 570 g/mol. The molecule has 4 rings (SSSR count). The molecular formula is C18H26Cl2N4O2Pt+2. The zero-order valence-electron chi connectivity index (χ0n) is 14.7. The van der Waals surface area contributed by atoms with Crippen LogP contribution in [0.5, 0.6) is 0 Å². The topological polar surface area (TPSA) is 141 Å². The number of nitrogens with zero attached hydrogens (tertiary/aromatic N) is 2. The maximum atomic E-state index is 5.65. The summed E-state index contributed by atoms with van der Waals surface area (Å²) in [6, 6.07) is 12.7. The minimum Gasteiger partial charge on any atom is -1.00 e. The minimum absolute atomic E-state index is 0. The molecule has 1 aromatic carbocycles. The van der Waals surface area contributed by atoms with E-state index in [1.54, 1.807) is 12.4 Å². The van der Waals surface area contributed by atoms with Crippen LogP contribution in [0.2, 0.25) is 0 Å². The van der Waals surface area contributed by atoms with Gasteiger partial charge in [0, 0.05) is 35.2 Å². The molecule has 1 fully saturated rings. The molecule has 27 heavy (non-hydrogen) atoms. The molecule has 1 aliphatic rings. The summed E-state index contributed by atoms with van der Waals surface area (Å²) in [5.74, 6) is 0. The minimum atomic E-state index is 0. The number of benzene rings is 1. The molecule has 8 N–H and O–H groups in total. The molecule has 0 saturated heterocycles. The van der Waals surface area contributed by atoms with Crippen molar-refractivity contribution in [1.29, 1.82) is 0 Å². The number of rotatable bonds is 0. The van der Waals surface area contributed by atoms with Gasteiger partial charge < -0.3 is 47.2 Å². The Morgan fingerprint density at radius 1 is 0.704 bits per heavy atom. The molecule has 0 unspecified atom stereocenters. The molecule has 6 nitrogen and oxygen atoms in total. The first-order chi connectivity index (χ1) is 10.8. The summed E-state index contributed by atoms with van der Waals surface area (Å²) >= 11 is 0. The largest absolute Gasteiger partial charge is 4.00 e. The SMILES string of the molecule is N[C@H]1CCCC[C@@H]1N.O.O.[Cl-].[Cl-].[Pt+4].c1cnc2c(c1)ccc1cccnc12. The first-order valence-corrected chi connectivity index (χ1v) is 7.85. The summed E-state index contributed by atoms with van der Waals surface area (Å²) < 4.78 is 0. The van der Waals surface area contributed by atoms with Crippen molar-refractivity contribution in [3.8, 4) is 0 Å². The van der Waals surface area contributed by atoms with Gasteiger partial charge in [0.25, 0.3) is 0 Å². The van der Waals surface area contributed by atoms with Gasteiger partial charge in [0.05, 0.1) is 11.0 Å². The average molecular weight is 596 g/mol. The quantitative estimate of drug-likeness (QED) is 0.252. The molecule has 9 heteroatoms. The van der Waals surface area contributed by atoms with E-state index >= 15 is 0 Å². The van der Waals surface area contributed by atoms with Crippen LogP contribution in [-0.4, -0.2) is 33.0 Å². The van der Waals surface area contributed by atoms with Gasteiger partial charge in [-0.05, 0) is 25.0 Å². The van der Waals surface area contributed by atoms with Crippen LogP contribution in [0, 0.1) is 0 Å². The second-order valence-electron chi connectivity index (χ2n) is 5.83. The molecule has 152 valence electrons. The number of aromatic nitrogens is 2. The fourth-order valence-electron chi connectivity index (χ4n) is 2.87. The normalized spacial score (nSPS) is 17.4. The fraction of sp³-hybridized carbons (Fsp3) is 0.333. The number of pyridine rings is 2. The summed E-state index contributed by atoms with van der Waals surface area (Å²) in [6.07, 6.45) is 8.40. The van der Waals surface area contributed by atoms with E-state index < -0.39 is 0 Å². The van der Waals surface area contributed by atoms with E-state index in [1.165, 1.54) is 12.8 Å². The monoisotopic (exact) mass is 595 g/mol. The second-order valence-corrected chi connectivity index (χ2v) is 5.83. The Balaban J connectivity index is -0.000000396. The van der Waals surface area contributed by atoms with Gasteiger partial charge in [-0.1, -0.05) is 37.1 Å². The average Bonchev–Trinajstić information content (AvgIpc) is 2.58. The Morgan fingerprint density at radius 2 is 1.07 bits per heavy atom. The predicted octanol–water partition coefficient (Wildman–Crippen LogP) is -4.65. The van der Waals surface area contributed by atoms with Crippen LogP contribution in [0.15, 0.2) is 48.8 Å². The smallest absolute Gasteiger partial charge is 1.00 e. The summed E-state index contributed by atoms with van der Waals surface area (Å²) in [5.41, 5.74) is 13.3. The number of hydrogen-bond acceptors (Lipinski definition) is 4. The number of nitrogens with two attached hydrogens (primary N) is 2. The van der Waals surface area contributed by atoms with Crippen molar-refractivity contribution >= 4 is 21.8 Å². The summed E-state index contributed by atoms with van der Waals surface area (Å²) in [6.45, 7) is 0. The van der Waals surface area contributed by atoms with Crippen molar-refractivity contribution in [3.05, 3.63) is 48.8 Å². The van der Waals surface area contributed by atoms with Gasteiger partial charge >= 0.3 is 21.1 Å². The molecule has 2 heterocycles. The van der Waals surface area contributed by atoms with Crippen LogP contribution in [0.1, 0.15) is 25.7 Å². The molecule has 2 aromatic heterocycles. The van der Waals surface area contributed by atoms with E-state index in [1.807, 2.05) is 12.1 Å². The molecule has 1 saturated carbocycles. The molecule has 0 aliphatic heterocycles. The van der Waals surface area contributed by atoms with Gasteiger partial charge in [0.2, 0.25) is 0 Å². The van der Waals surface area contributed by atoms with Gasteiger partial charge in [-0.15, -0.1) is 0 Å². The third-order valence-electron chi connectivity index (χ3n) is 4.22. The zero-order chi connectivity index (χ0) is 15.4. The van der Waals surface area contributed by atoms with E-state index in [2.05, 4.69) is 34.2 Å². The Labute approximate surface area is 186 Å². The summed E-state index contributed by atoms with van der Waals surface area (Å²) in [7, 11) is 0. The summed E-state index contributed by atoms with van der Waals surface area (Å²) in [5, 5.41) is 2.28. The number of halogens is 2. The maximum absolute atomic E-state index is 5.65. The Morgan fingerprint density at radius 3 is 1.41 bits per heavy atom. The van der Waals surface area contributed by atoms with Gasteiger partial charge in [-0.3, -0.25) is 9.97 Å². The third-order valence-corrected chi connectivity index (χ3v) is 4.22. The van der Waals surface area contributed by atoms with Crippen LogP contribution < -0.4 is 36.3 Å². The molecule has 1 aliphatic carbocycles.